The molecule has 4 rings (SSSR count). The highest BCUT2D eigenvalue weighted by atomic mass is 32.2. The Balaban J connectivity index is 1.84. The van der Waals surface area contributed by atoms with Crippen LogP contribution in [0.3, 0.4) is 0 Å². The first kappa shape index (κ1) is 19.3. The summed E-state index contributed by atoms with van der Waals surface area (Å²) >= 11 is 1.50. The predicted octanol–water partition coefficient (Wildman–Crippen LogP) is 2.98. The van der Waals surface area contributed by atoms with Crippen LogP contribution < -0.4 is 5.48 Å². The molecule has 0 aliphatic carbocycles. The van der Waals surface area contributed by atoms with Crippen molar-refractivity contribution >= 4 is 49.6 Å². The van der Waals surface area contributed by atoms with E-state index >= 15 is 0 Å². The zero-order valence-electron chi connectivity index (χ0n) is 15.4. The zero-order valence-corrected chi connectivity index (χ0v) is 17.0. The van der Waals surface area contributed by atoms with Gasteiger partial charge in [0.1, 0.15) is 17.2 Å². The van der Waals surface area contributed by atoms with E-state index in [1.54, 1.807) is 31.5 Å². The van der Waals surface area contributed by atoms with Gasteiger partial charge in [-0.2, -0.15) is 16.1 Å². The lowest BCUT2D eigenvalue weighted by molar-refractivity contribution is -0.134. The van der Waals surface area contributed by atoms with Gasteiger partial charge in [0.2, 0.25) is 10.0 Å². The van der Waals surface area contributed by atoms with Gasteiger partial charge in [0.25, 0.3) is 5.91 Å². The molecule has 1 atom stereocenters. The Kier molecular flexibility index (Phi) is 4.65. The van der Waals surface area contributed by atoms with E-state index < -0.39 is 26.7 Å². The number of furan rings is 1. The third-order valence-corrected chi connectivity index (χ3v) is 8.26. The van der Waals surface area contributed by atoms with Crippen molar-refractivity contribution in [3.05, 3.63) is 42.5 Å². The maximum Gasteiger partial charge on any atom is 0.263 e. The number of hydrogen-bond acceptors (Lipinski definition) is 6. The second kappa shape index (κ2) is 6.77. The van der Waals surface area contributed by atoms with Gasteiger partial charge in [-0.15, -0.1) is 0 Å². The topological polar surface area (TPSA) is 99.9 Å². The lowest BCUT2D eigenvalue weighted by Crippen LogP contribution is -2.61. The normalized spacial score (nSPS) is 20.5. The molecular weight excluding hydrogens is 400 g/mol. The number of amides is 1. The van der Waals surface area contributed by atoms with Crippen LogP contribution in [0.1, 0.15) is 13.8 Å². The zero-order chi connectivity index (χ0) is 20.1. The minimum absolute atomic E-state index is 0.0880. The number of rotatable bonds is 3. The molecule has 0 bridgehead atoms. The molecular formula is C19H20N2O5S2. The third kappa shape index (κ3) is 2.98. The smallest absolute Gasteiger partial charge is 0.263 e. The minimum Gasteiger partial charge on any atom is -0.456 e. The molecule has 2 N–H and O–H groups in total. The van der Waals surface area contributed by atoms with Crippen LogP contribution in [0.2, 0.25) is 0 Å². The maximum absolute atomic E-state index is 13.4. The highest BCUT2D eigenvalue weighted by Crippen LogP contribution is 2.39. The van der Waals surface area contributed by atoms with Crippen LogP contribution in [0.4, 0.5) is 0 Å². The number of carbonyl (C=O) groups is 1. The number of thioether (sulfide) groups is 1. The maximum atomic E-state index is 13.4. The van der Waals surface area contributed by atoms with E-state index in [-0.39, 0.29) is 11.4 Å². The third-order valence-electron chi connectivity index (χ3n) is 5.05. The highest BCUT2D eigenvalue weighted by Gasteiger charge is 2.48. The minimum atomic E-state index is -3.97. The molecule has 1 aliphatic heterocycles. The number of carbonyl (C=O) groups excluding carboxylic acids is 1. The summed E-state index contributed by atoms with van der Waals surface area (Å²) in [7, 11) is -3.97. The Morgan fingerprint density at radius 3 is 2.68 bits per heavy atom. The average Bonchev–Trinajstić information content (AvgIpc) is 3.04. The van der Waals surface area contributed by atoms with Crippen LogP contribution >= 0.6 is 11.8 Å². The van der Waals surface area contributed by atoms with Crippen LogP contribution in [0.25, 0.3) is 21.9 Å². The molecule has 2 aromatic carbocycles. The van der Waals surface area contributed by atoms with Crippen LogP contribution in [-0.2, 0) is 14.8 Å². The number of hydrogen-bond donors (Lipinski definition) is 2. The molecule has 1 aromatic heterocycles. The molecule has 0 unspecified atom stereocenters. The molecule has 0 saturated carbocycles. The summed E-state index contributed by atoms with van der Waals surface area (Å²) in [5.41, 5.74) is 2.90. The van der Waals surface area contributed by atoms with Gasteiger partial charge in [-0.25, -0.2) is 13.9 Å². The van der Waals surface area contributed by atoms with Crippen molar-refractivity contribution in [3.8, 4) is 0 Å². The van der Waals surface area contributed by atoms with Gasteiger partial charge < -0.3 is 4.42 Å². The fourth-order valence-corrected chi connectivity index (χ4v) is 6.86. The SMILES string of the molecule is CC1(C)SCCN(S(=O)(=O)c2ccc3oc4ccccc4c3c2)[C@H]1C(=O)NO. The van der Waals surface area contributed by atoms with Crippen LogP contribution in [-0.4, -0.2) is 46.9 Å². The van der Waals surface area contributed by atoms with Gasteiger partial charge in [-0.05, 0) is 38.1 Å². The highest BCUT2D eigenvalue weighted by molar-refractivity contribution is 8.00. The first-order valence-corrected chi connectivity index (χ1v) is 11.2. The molecule has 0 spiro atoms. The standard InChI is InChI=1S/C19H20N2O5S2/c1-19(2)17(18(22)20-23)21(9-10-27-19)28(24,25)12-7-8-16-14(11-12)13-5-3-4-6-15(13)26-16/h3-8,11,17,23H,9-10H2,1-2H3,(H,20,22)/t17-/m0/s1. The van der Waals surface area contributed by atoms with Crippen molar-refractivity contribution in [3.63, 3.8) is 0 Å². The molecule has 0 radical (unpaired) electrons. The van der Waals surface area contributed by atoms with Gasteiger partial charge in [0.15, 0.2) is 0 Å². The molecule has 2 heterocycles. The van der Waals surface area contributed by atoms with E-state index in [4.69, 9.17) is 9.62 Å². The van der Waals surface area contributed by atoms with Gasteiger partial charge in [-0.3, -0.25) is 10.0 Å². The van der Waals surface area contributed by atoms with Crippen LogP contribution in [0.15, 0.2) is 51.8 Å². The predicted molar refractivity (Wildman–Crippen MR) is 108 cm³/mol. The fourth-order valence-electron chi connectivity index (χ4n) is 3.72. The fraction of sp³-hybridized carbons (Fsp3) is 0.316. The van der Waals surface area contributed by atoms with E-state index in [1.807, 2.05) is 24.3 Å². The van der Waals surface area contributed by atoms with Gasteiger partial charge in [0, 0.05) is 27.8 Å². The van der Waals surface area contributed by atoms with Gasteiger partial charge >= 0.3 is 0 Å². The molecule has 7 nitrogen and oxygen atoms in total. The molecule has 148 valence electrons. The lowest BCUT2D eigenvalue weighted by Gasteiger charge is -2.43. The van der Waals surface area contributed by atoms with E-state index in [2.05, 4.69) is 0 Å². The summed E-state index contributed by atoms with van der Waals surface area (Å²) < 4.78 is 33.1. The first-order chi connectivity index (χ1) is 13.3. The van der Waals surface area contributed by atoms with E-state index in [0.717, 1.165) is 5.39 Å². The Morgan fingerprint density at radius 2 is 1.93 bits per heavy atom. The molecule has 9 heteroatoms. The Labute approximate surface area is 166 Å². The second-order valence-corrected chi connectivity index (χ2v) is 10.8. The number of benzene rings is 2. The summed E-state index contributed by atoms with van der Waals surface area (Å²) in [5.74, 6) is -0.186. The quantitative estimate of drug-likeness (QED) is 0.499. The molecule has 28 heavy (non-hydrogen) atoms. The number of sulfonamides is 1. The molecule has 1 saturated heterocycles. The summed E-state index contributed by atoms with van der Waals surface area (Å²) in [5, 5.41) is 10.7. The molecule has 1 amide bonds. The summed E-state index contributed by atoms with van der Waals surface area (Å²) in [6.07, 6.45) is 0. The number of nitrogens with zero attached hydrogens (tertiary/aromatic N) is 1. The molecule has 1 fully saturated rings. The van der Waals surface area contributed by atoms with Crippen LogP contribution in [0.5, 0.6) is 0 Å². The van der Waals surface area contributed by atoms with Crippen LogP contribution in [0, 0.1) is 0 Å². The first-order valence-electron chi connectivity index (χ1n) is 8.77. The number of nitrogens with one attached hydrogen (secondary N) is 1. The van der Waals surface area contributed by atoms with E-state index in [1.165, 1.54) is 22.1 Å². The number of para-hydroxylation sites is 1. The monoisotopic (exact) mass is 420 g/mol. The number of fused-ring (bicyclic) bond motifs is 3. The van der Waals surface area contributed by atoms with Crippen molar-refractivity contribution in [2.45, 2.75) is 29.5 Å². The van der Waals surface area contributed by atoms with E-state index in [0.29, 0.717) is 22.3 Å². The summed E-state index contributed by atoms with van der Waals surface area (Å²) in [6.45, 7) is 3.77. The Hall–Kier alpha value is -2.07. The summed E-state index contributed by atoms with van der Waals surface area (Å²) in [6, 6.07) is 11.1. The molecule has 3 aromatic rings. The largest absolute Gasteiger partial charge is 0.456 e. The van der Waals surface area contributed by atoms with Crippen molar-refractivity contribution in [2.75, 3.05) is 12.3 Å². The summed E-state index contributed by atoms with van der Waals surface area (Å²) in [4.78, 5) is 12.4. The van der Waals surface area contributed by atoms with E-state index in [9.17, 15) is 13.2 Å². The Bertz CT molecular complexity index is 1170. The molecule has 1 aliphatic rings. The van der Waals surface area contributed by atoms with Crippen molar-refractivity contribution in [1.82, 2.24) is 9.79 Å². The van der Waals surface area contributed by atoms with Crippen molar-refractivity contribution in [2.24, 2.45) is 0 Å². The van der Waals surface area contributed by atoms with Gasteiger partial charge in [-0.1, -0.05) is 18.2 Å². The van der Waals surface area contributed by atoms with Crippen molar-refractivity contribution in [1.29, 1.82) is 0 Å². The van der Waals surface area contributed by atoms with Gasteiger partial charge in [0.05, 0.1) is 4.90 Å². The number of hydroxylamine groups is 1. The van der Waals surface area contributed by atoms with Crippen molar-refractivity contribution < 1.29 is 22.8 Å². The Morgan fingerprint density at radius 1 is 1.21 bits per heavy atom. The average molecular weight is 421 g/mol. The second-order valence-electron chi connectivity index (χ2n) is 7.20. The lowest BCUT2D eigenvalue weighted by atomic mass is 10.0.